The average molecular weight is 232 g/mol. The molecule has 0 bridgehead atoms. The predicted molar refractivity (Wildman–Crippen MR) is 75.2 cm³/mol. The zero-order valence-electron chi connectivity index (χ0n) is 10.0. The monoisotopic (exact) mass is 232 g/mol. The highest BCUT2D eigenvalue weighted by Crippen LogP contribution is 2.11. The Hall–Kier alpha value is -0.910. The fourth-order valence-corrected chi connectivity index (χ4v) is 1.98. The largest absolute Gasteiger partial charge is 0.0651 e. The smallest absolute Gasteiger partial charge is 0.0266 e. The number of benzene rings is 1. The molecule has 0 aliphatic rings. The van der Waals surface area contributed by atoms with Gasteiger partial charge in [0.15, 0.2) is 0 Å². The van der Waals surface area contributed by atoms with E-state index >= 15 is 0 Å². The first kappa shape index (κ1) is 13.2. The van der Waals surface area contributed by atoms with Crippen molar-refractivity contribution in [3.63, 3.8) is 0 Å². The van der Waals surface area contributed by atoms with Gasteiger partial charge >= 0.3 is 0 Å². The first-order valence-electron chi connectivity index (χ1n) is 6.14. The lowest BCUT2D eigenvalue weighted by atomic mass is 10.0. The van der Waals surface area contributed by atoms with Gasteiger partial charge in [0.2, 0.25) is 0 Å². The van der Waals surface area contributed by atoms with Gasteiger partial charge in [0.1, 0.15) is 0 Å². The van der Waals surface area contributed by atoms with Crippen molar-refractivity contribution in [2.75, 3.05) is 0 Å². The van der Waals surface area contributed by atoms with Crippen LogP contribution in [-0.4, -0.2) is 5.02 Å². The lowest BCUT2D eigenvalue weighted by Gasteiger charge is -2.03. The molecule has 0 saturated heterocycles. The highest BCUT2D eigenvalue weighted by molar-refractivity contribution is 7.78. The average Bonchev–Trinajstić information content (AvgIpc) is 2.30. The Morgan fingerprint density at radius 3 is 2.62 bits per heavy atom. The second kappa shape index (κ2) is 8.27. The molecule has 0 spiro atoms. The van der Waals surface area contributed by atoms with E-state index in [4.69, 9.17) is 0 Å². The Balaban J connectivity index is 2.35. The molecule has 1 aromatic carbocycles. The van der Waals surface area contributed by atoms with E-state index in [2.05, 4.69) is 48.4 Å². The van der Waals surface area contributed by atoms with E-state index in [1.165, 1.54) is 43.2 Å². The Bertz CT molecular complexity index is 348. The minimum atomic E-state index is 1.07. The molecule has 0 aliphatic heterocycles. The molecular formula is C15H20S. The van der Waals surface area contributed by atoms with E-state index in [1.807, 2.05) is 6.08 Å². The fourth-order valence-electron chi connectivity index (χ4n) is 1.86. The van der Waals surface area contributed by atoms with Crippen LogP contribution in [0, 0.1) is 0 Å². The topological polar surface area (TPSA) is 0 Å². The zero-order valence-corrected chi connectivity index (χ0v) is 10.9. The summed E-state index contributed by atoms with van der Waals surface area (Å²) in [6.07, 6.45) is 9.07. The number of unbranched alkanes of at least 4 members (excludes halogenated alkanes) is 2. The molecule has 0 fully saturated rings. The van der Waals surface area contributed by atoms with Gasteiger partial charge in [0.25, 0.3) is 0 Å². The second-order valence-electron chi connectivity index (χ2n) is 4.14. The molecule has 0 amide bonds. The summed E-state index contributed by atoms with van der Waals surface area (Å²) in [7, 11) is 0. The van der Waals surface area contributed by atoms with Crippen molar-refractivity contribution in [3.05, 3.63) is 41.5 Å². The van der Waals surface area contributed by atoms with E-state index in [0.29, 0.717) is 0 Å². The minimum Gasteiger partial charge on any atom is -0.0651 e. The summed E-state index contributed by atoms with van der Waals surface area (Å²) >= 11 is 4.64. The van der Waals surface area contributed by atoms with E-state index in [1.54, 1.807) is 0 Å². The Morgan fingerprint density at radius 2 is 1.94 bits per heavy atom. The number of hydrogen-bond acceptors (Lipinski definition) is 1. The maximum atomic E-state index is 4.64. The number of aryl methyl sites for hydroxylation is 2. The molecule has 0 N–H and O–H groups in total. The zero-order chi connectivity index (χ0) is 11.6. The van der Waals surface area contributed by atoms with Gasteiger partial charge in [-0.25, -0.2) is 0 Å². The third-order valence-electron chi connectivity index (χ3n) is 2.68. The molecule has 0 aromatic heterocycles. The van der Waals surface area contributed by atoms with E-state index < -0.39 is 0 Å². The fraction of sp³-hybridized carbons (Fsp3) is 0.467. The Labute approximate surface area is 104 Å². The van der Waals surface area contributed by atoms with E-state index in [0.717, 1.165) is 6.42 Å². The quantitative estimate of drug-likeness (QED) is 0.492. The molecule has 0 atom stereocenters. The summed E-state index contributed by atoms with van der Waals surface area (Å²) in [5, 5.41) is 2.65. The number of allylic oxidation sites excluding steroid dienone is 1. The van der Waals surface area contributed by atoms with Crippen molar-refractivity contribution < 1.29 is 0 Å². The molecule has 86 valence electrons. The Kier molecular flexibility index (Phi) is 6.80. The summed E-state index contributed by atoms with van der Waals surface area (Å²) in [5.41, 5.74) is 2.94. The molecule has 16 heavy (non-hydrogen) atoms. The van der Waals surface area contributed by atoms with Gasteiger partial charge in [-0.3, -0.25) is 0 Å². The highest BCUT2D eigenvalue weighted by atomic mass is 32.1. The van der Waals surface area contributed by atoms with Crippen LogP contribution in [0.3, 0.4) is 0 Å². The van der Waals surface area contributed by atoms with Gasteiger partial charge in [0.05, 0.1) is 0 Å². The van der Waals surface area contributed by atoms with E-state index in [9.17, 15) is 0 Å². The summed E-state index contributed by atoms with van der Waals surface area (Å²) < 4.78 is 0. The number of thiocarbonyl (C=S) groups is 1. The molecule has 0 radical (unpaired) electrons. The van der Waals surface area contributed by atoms with Gasteiger partial charge in [0, 0.05) is 0 Å². The molecular weight excluding hydrogens is 212 g/mol. The third kappa shape index (κ3) is 5.25. The molecule has 0 aliphatic carbocycles. The number of hydrogen-bond donors (Lipinski definition) is 0. The first-order valence-corrected chi connectivity index (χ1v) is 6.54. The van der Waals surface area contributed by atoms with Crippen molar-refractivity contribution in [2.45, 2.75) is 45.4 Å². The van der Waals surface area contributed by atoms with Crippen molar-refractivity contribution in [1.29, 1.82) is 0 Å². The van der Waals surface area contributed by atoms with Crippen molar-refractivity contribution >= 4 is 17.2 Å². The minimum absolute atomic E-state index is 1.07. The summed E-state index contributed by atoms with van der Waals surface area (Å²) in [6, 6.07) is 8.98. The SMILES string of the molecule is CCCc1cccc(CCCCC=C=S)c1. The van der Waals surface area contributed by atoms with Gasteiger partial charge < -0.3 is 0 Å². The van der Waals surface area contributed by atoms with Crippen molar-refractivity contribution in [2.24, 2.45) is 0 Å². The molecule has 0 saturated carbocycles. The van der Waals surface area contributed by atoms with Gasteiger partial charge in [-0.1, -0.05) is 42.6 Å². The number of rotatable bonds is 7. The molecule has 0 nitrogen and oxygen atoms in total. The van der Waals surface area contributed by atoms with Gasteiger partial charge in [-0.15, -0.1) is 0 Å². The summed E-state index contributed by atoms with van der Waals surface area (Å²) in [6.45, 7) is 2.23. The summed E-state index contributed by atoms with van der Waals surface area (Å²) in [5.74, 6) is 0. The molecule has 1 rings (SSSR count). The maximum Gasteiger partial charge on any atom is -0.0266 e. The lowest BCUT2D eigenvalue weighted by Crippen LogP contribution is -1.89. The predicted octanol–water partition coefficient (Wildman–Crippen LogP) is 4.51. The van der Waals surface area contributed by atoms with E-state index in [-0.39, 0.29) is 0 Å². The van der Waals surface area contributed by atoms with Crippen LogP contribution in [0.15, 0.2) is 30.3 Å². The van der Waals surface area contributed by atoms with Crippen LogP contribution in [0.5, 0.6) is 0 Å². The summed E-state index contributed by atoms with van der Waals surface area (Å²) in [4.78, 5) is 0. The van der Waals surface area contributed by atoms with Crippen LogP contribution in [0.2, 0.25) is 0 Å². The van der Waals surface area contributed by atoms with Gasteiger partial charge in [-0.2, -0.15) is 0 Å². The highest BCUT2D eigenvalue weighted by Gasteiger charge is 1.95. The van der Waals surface area contributed by atoms with Gasteiger partial charge in [-0.05, 0) is 61.5 Å². The molecule has 1 heteroatoms. The Morgan fingerprint density at radius 1 is 1.19 bits per heavy atom. The third-order valence-corrected chi connectivity index (χ3v) is 2.84. The lowest BCUT2D eigenvalue weighted by molar-refractivity contribution is 0.748. The first-order chi connectivity index (χ1) is 7.86. The normalized spacial score (nSPS) is 9.81. The standard InChI is InChI=1S/C15H20S/c1-2-8-14-10-7-11-15(13-14)9-5-3-4-6-12-16/h6-7,10-11,13H,2-5,8-9H2,1H3. The van der Waals surface area contributed by atoms with Crippen molar-refractivity contribution in [1.82, 2.24) is 0 Å². The van der Waals surface area contributed by atoms with Crippen LogP contribution >= 0.6 is 12.2 Å². The molecule has 1 aromatic rings. The molecule has 0 unspecified atom stereocenters. The second-order valence-corrected chi connectivity index (χ2v) is 4.37. The van der Waals surface area contributed by atoms with Crippen LogP contribution in [0.25, 0.3) is 0 Å². The van der Waals surface area contributed by atoms with Crippen LogP contribution in [-0.2, 0) is 12.8 Å². The van der Waals surface area contributed by atoms with Crippen LogP contribution < -0.4 is 0 Å². The molecule has 0 heterocycles. The maximum absolute atomic E-state index is 4.64. The van der Waals surface area contributed by atoms with Crippen LogP contribution in [0.1, 0.15) is 43.7 Å². The van der Waals surface area contributed by atoms with Crippen molar-refractivity contribution in [3.8, 4) is 0 Å². The van der Waals surface area contributed by atoms with Crippen LogP contribution in [0.4, 0.5) is 0 Å².